The van der Waals surface area contributed by atoms with Gasteiger partial charge in [0.2, 0.25) is 0 Å². The van der Waals surface area contributed by atoms with E-state index in [2.05, 4.69) is 34.4 Å². The van der Waals surface area contributed by atoms with Gasteiger partial charge in [-0.05, 0) is 0 Å². The molecule has 0 unspecified atom stereocenters. The van der Waals surface area contributed by atoms with Crippen molar-refractivity contribution in [1.82, 2.24) is 0 Å². The van der Waals surface area contributed by atoms with Gasteiger partial charge in [-0.3, -0.25) is 0 Å². The molecule has 0 saturated heterocycles. The first-order chi connectivity index (χ1) is 4.47. The van der Waals surface area contributed by atoms with Gasteiger partial charge in [0.1, 0.15) is 0 Å². The Bertz CT molecular complexity index is 283. The van der Waals surface area contributed by atoms with Crippen molar-refractivity contribution in [3.8, 4) is 0 Å². The molecule has 1 aromatic heterocycles. The Morgan fingerprint density at radius 3 is 2.80 bits per heavy atom. The Hall–Kier alpha value is 0.347. The van der Waals surface area contributed by atoms with Gasteiger partial charge in [-0.15, -0.1) is 0 Å². The summed E-state index contributed by atoms with van der Waals surface area (Å²) in [6, 6.07) is 10.6. The number of benzene rings is 1. The standard InChI is InChI=1S/C8H5Te.Li/c1-2-4-8-7(3-1)5-6-9-8;/h1-5H;/q-1;+1. The van der Waals surface area contributed by atoms with Crippen LogP contribution in [0.2, 0.25) is 0 Å². The van der Waals surface area contributed by atoms with Crippen LogP contribution < -0.4 is 18.9 Å². The van der Waals surface area contributed by atoms with E-state index in [1.54, 1.807) is 0 Å². The molecule has 0 atom stereocenters. The van der Waals surface area contributed by atoms with E-state index in [0.717, 1.165) is 0 Å². The van der Waals surface area contributed by atoms with E-state index in [-0.39, 0.29) is 39.3 Å². The van der Waals surface area contributed by atoms with Crippen molar-refractivity contribution < 1.29 is 18.9 Å². The second-order valence-corrected chi connectivity index (χ2v) is 4.41. The van der Waals surface area contributed by atoms with Gasteiger partial charge in [-0.25, -0.2) is 0 Å². The van der Waals surface area contributed by atoms with E-state index in [1.807, 2.05) is 0 Å². The van der Waals surface area contributed by atoms with Gasteiger partial charge in [0.15, 0.2) is 0 Å². The second kappa shape index (κ2) is 3.66. The molecule has 2 aromatic rings. The van der Waals surface area contributed by atoms with Gasteiger partial charge in [-0.1, -0.05) is 0 Å². The molecule has 0 radical (unpaired) electrons. The van der Waals surface area contributed by atoms with Crippen molar-refractivity contribution in [2.75, 3.05) is 0 Å². The molecule has 0 bridgehead atoms. The Morgan fingerprint density at radius 1 is 1.20 bits per heavy atom. The summed E-state index contributed by atoms with van der Waals surface area (Å²) in [6.45, 7) is 0. The van der Waals surface area contributed by atoms with Crippen molar-refractivity contribution in [1.29, 1.82) is 0 Å². The Balaban J connectivity index is 0.000000500. The van der Waals surface area contributed by atoms with E-state index in [1.165, 1.54) is 8.79 Å². The monoisotopic (exact) mass is 238 g/mol. The van der Waals surface area contributed by atoms with E-state index in [4.69, 9.17) is 0 Å². The first kappa shape index (κ1) is 8.44. The summed E-state index contributed by atoms with van der Waals surface area (Å²) in [6.07, 6.45) is 0. The number of fused-ring (bicyclic) bond motifs is 1. The molecule has 0 fully saturated rings. The van der Waals surface area contributed by atoms with Gasteiger partial charge in [0, 0.05) is 0 Å². The van der Waals surface area contributed by atoms with Gasteiger partial charge in [0.05, 0.1) is 0 Å². The van der Waals surface area contributed by atoms with Crippen molar-refractivity contribution >= 4 is 29.2 Å². The predicted molar refractivity (Wildman–Crippen MR) is 39.7 cm³/mol. The maximum atomic E-state index is 3.29. The van der Waals surface area contributed by atoms with Crippen molar-refractivity contribution in [2.45, 2.75) is 0 Å². The zero-order valence-electron chi connectivity index (χ0n) is 5.79. The van der Waals surface area contributed by atoms with Crippen molar-refractivity contribution in [3.05, 3.63) is 34.4 Å². The Morgan fingerprint density at radius 2 is 2.00 bits per heavy atom. The molecule has 0 saturated carbocycles. The molecule has 10 heavy (non-hydrogen) atoms. The third-order valence-electron chi connectivity index (χ3n) is 1.30. The average Bonchev–Trinajstić information content (AvgIpc) is 2.33. The SMILES string of the molecule is [Li+].[c-]1cc2ccccc2[te]1. The molecule has 0 spiro atoms. The fraction of sp³-hybridized carbons (Fsp3) is 0. The maximum absolute atomic E-state index is 3.29. The summed E-state index contributed by atoms with van der Waals surface area (Å²) < 4.78 is 4.82. The first-order valence-electron chi connectivity index (χ1n) is 2.81. The zero-order chi connectivity index (χ0) is 6.10. The molecule has 0 aliphatic rings. The van der Waals surface area contributed by atoms with Crippen LogP contribution in [0.25, 0.3) is 8.79 Å². The topological polar surface area (TPSA) is 0 Å². The Labute approximate surface area is 82.0 Å². The summed E-state index contributed by atoms with van der Waals surface area (Å²) in [4.78, 5) is 0. The molecular weight excluding hydrogens is 231 g/mol. The molecule has 1 aromatic carbocycles. The van der Waals surface area contributed by atoms with E-state index < -0.39 is 0 Å². The summed E-state index contributed by atoms with van der Waals surface area (Å²) in [7, 11) is 0. The fourth-order valence-corrected chi connectivity index (χ4v) is 2.86. The van der Waals surface area contributed by atoms with Crippen LogP contribution in [0.3, 0.4) is 0 Å². The van der Waals surface area contributed by atoms with Gasteiger partial charge in [-0.2, -0.15) is 0 Å². The second-order valence-electron chi connectivity index (χ2n) is 1.90. The van der Waals surface area contributed by atoms with E-state index in [9.17, 15) is 0 Å². The molecule has 0 amide bonds. The van der Waals surface area contributed by atoms with Gasteiger partial charge >= 0.3 is 82.5 Å². The number of rotatable bonds is 0. The Kier molecular flexibility index (Phi) is 3.09. The van der Waals surface area contributed by atoms with Crippen LogP contribution in [-0.4, -0.2) is 20.4 Å². The average molecular weight is 236 g/mol. The fourth-order valence-electron chi connectivity index (χ4n) is 0.849. The quantitative estimate of drug-likeness (QED) is 0.394. The van der Waals surface area contributed by atoms with Crippen LogP contribution in [-0.2, 0) is 0 Å². The number of hydrogen-bond acceptors (Lipinski definition) is 0. The molecule has 0 N–H and O–H groups in total. The molecule has 0 aliphatic carbocycles. The third kappa shape index (κ3) is 1.50. The summed E-state index contributed by atoms with van der Waals surface area (Å²) in [5, 5.41) is 1.39. The van der Waals surface area contributed by atoms with Gasteiger partial charge in [0.25, 0.3) is 0 Å². The summed E-state index contributed by atoms with van der Waals surface area (Å²) in [5.74, 6) is 0. The molecular formula is C8H5LiTe. The number of hydrogen-bond donors (Lipinski definition) is 0. The van der Waals surface area contributed by atoms with Gasteiger partial charge < -0.3 is 0 Å². The van der Waals surface area contributed by atoms with Crippen molar-refractivity contribution in [3.63, 3.8) is 0 Å². The summed E-state index contributed by atoms with van der Waals surface area (Å²) in [5.41, 5.74) is 0. The molecule has 44 valence electrons. The molecule has 2 rings (SSSR count). The van der Waals surface area contributed by atoms with Crippen LogP contribution in [0, 0.1) is 4.08 Å². The normalized spacial score (nSPS) is 9.20. The van der Waals surface area contributed by atoms with E-state index >= 15 is 0 Å². The van der Waals surface area contributed by atoms with Crippen LogP contribution in [0.1, 0.15) is 0 Å². The third-order valence-corrected chi connectivity index (χ3v) is 3.66. The van der Waals surface area contributed by atoms with E-state index in [0.29, 0.717) is 0 Å². The van der Waals surface area contributed by atoms with Crippen LogP contribution >= 0.6 is 0 Å². The van der Waals surface area contributed by atoms with Crippen LogP contribution in [0.5, 0.6) is 0 Å². The van der Waals surface area contributed by atoms with Crippen molar-refractivity contribution in [2.24, 2.45) is 0 Å². The first-order valence-corrected chi connectivity index (χ1v) is 5.14. The molecule has 0 aliphatic heterocycles. The molecule has 2 heteroatoms. The molecule has 0 nitrogen and oxygen atoms in total. The molecule has 1 heterocycles. The van der Waals surface area contributed by atoms with Crippen LogP contribution in [0.15, 0.2) is 30.3 Å². The minimum atomic E-state index is -0.0429. The predicted octanol–water partition coefficient (Wildman–Crippen LogP) is -1.30. The van der Waals surface area contributed by atoms with Crippen LogP contribution in [0.4, 0.5) is 0 Å². The summed E-state index contributed by atoms with van der Waals surface area (Å²) >= 11 is -0.0429. The minimum absolute atomic E-state index is 0. The zero-order valence-corrected chi connectivity index (χ0v) is 8.13.